The summed E-state index contributed by atoms with van der Waals surface area (Å²) in [6, 6.07) is 8.25. The second kappa shape index (κ2) is 7.17. The van der Waals surface area contributed by atoms with E-state index < -0.39 is 0 Å². The summed E-state index contributed by atoms with van der Waals surface area (Å²) >= 11 is 3.27. The van der Waals surface area contributed by atoms with Gasteiger partial charge in [-0.15, -0.1) is 11.3 Å². The number of imidazole rings is 1. The summed E-state index contributed by atoms with van der Waals surface area (Å²) < 4.78 is 3.17. The highest BCUT2D eigenvalue weighted by Crippen LogP contribution is 2.33. The quantitative estimate of drug-likeness (QED) is 0.658. The summed E-state index contributed by atoms with van der Waals surface area (Å²) in [7, 11) is 1.95. The summed E-state index contributed by atoms with van der Waals surface area (Å²) in [5.74, 6) is 0.990. The van der Waals surface area contributed by atoms with Crippen molar-refractivity contribution < 1.29 is 4.79 Å². The Kier molecular flexibility index (Phi) is 4.76. The van der Waals surface area contributed by atoms with E-state index in [1.807, 2.05) is 28.8 Å². The van der Waals surface area contributed by atoms with Gasteiger partial charge in [-0.1, -0.05) is 23.9 Å². The van der Waals surface area contributed by atoms with Crippen LogP contribution in [0.1, 0.15) is 23.8 Å². The van der Waals surface area contributed by atoms with Crippen molar-refractivity contribution in [1.29, 1.82) is 0 Å². The van der Waals surface area contributed by atoms with Crippen LogP contribution in [-0.2, 0) is 11.8 Å². The average Bonchev–Trinajstić information content (AvgIpc) is 3.25. The minimum atomic E-state index is 0.193. The lowest BCUT2D eigenvalue weighted by atomic mass is 9.99. The second-order valence-corrected chi connectivity index (χ2v) is 8.31. The molecule has 4 rings (SSSR count). The third-order valence-corrected chi connectivity index (χ3v) is 6.78. The number of carbonyl (C=O) groups excluding carboxylic acids is 1. The molecular weight excluding hydrogens is 352 g/mol. The van der Waals surface area contributed by atoms with Gasteiger partial charge in [-0.25, -0.2) is 9.97 Å². The molecule has 0 radical (unpaired) electrons. The third-order valence-electron chi connectivity index (χ3n) is 4.54. The Morgan fingerprint density at radius 1 is 1.40 bits per heavy atom. The van der Waals surface area contributed by atoms with Crippen molar-refractivity contribution in [3.05, 3.63) is 41.7 Å². The number of nitrogens with zero attached hydrogens (tertiary/aromatic N) is 4. The maximum Gasteiger partial charge on any atom is 0.233 e. The molecular formula is C18H20N4OS2. The number of fused-ring (bicyclic) bond motifs is 1. The van der Waals surface area contributed by atoms with Crippen molar-refractivity contribution in [1.82, 2.24) is 19.4 Å². The summed E-state index contributed by atoms with van der Waals surface area (Å²) in [5.41, 5.74) is 1.07. The number of para-hydroxylation sites is 1. The smallest absolute Gasteiger partial charge is 0.233 e. The molecule has 1 aliphatic heterocycles. The normalized spacial score (nSPS) is 18.0. The van der Waals surface area contributed by atoms with Gasteiger partial charge in [0.1, 0.15) is 0 Å². The highest BCUT2D eigenvalue weighted by Gasteiger charge is 2.27. The molecule has 3 heterocycles. The summed E-state index contributed by atoms with van der Waals surface area (Å²) in [4.78, 5) is 23.7. The number of aromatic nitrogens is 3. The molecule has 1 fully saturated rings. The van der Waals surface area contributed by atoms with E-state index in [2.05, 4.69) is 23.2 Å². The van der Waals surface area contributed by atoms with E-state index in [9.17, 15) is 4.79 Å². The summed E-state index contributed by atoms with van der Waals surface area (Å²) in [6.45, 7) is 1.63. The molecule has 3 aromatic rings. The lowest BCUT2D eigenvalue weighted by Crippen LogP contribution is -2.40. The lowest BCUT2D eigenvalue weighted by molar-refractivity contribution is -0.129. The molecule has 1 amide bonds. The number of likely N-dealkylation sites (tertiary alicyclic amines) is 1. The first-order valence-corrected chi connectivity index (χ1v) is 10.2. The molecule has 5 nitrogen and oxygen atoms in total. The predicted octanol–water partition coefficient (Wildman–Crippen LogP) is 3.53. The maximum atomic E-state index is 12.6. The fourth-order valence-corrected chi connectivity index (χ4v) is 5.11. The zero-order valence-electron chi connectivity index (χ0n) is 14.1. The molecule has 0 saturated carbocycles. The van der Waals surface area contributed by atoms with Crippen LogP contribution in [0.3, 0.4) is 0 Å². The fourth-order valence-electron chi connectivity index (χ4n) is 3.18. The molecule has 7 heteroatoms. The van der Waals surface area contributed by atoms with Crippen molar-refractivity contribution in [3.8, 4) is 0 Å². The fraction of sp³-hybridized carbons (Fsp3) is 0.389. The standard InChI is InChI=1S/C18H20N4OS2/c1-21-10-8-19-18(21)24-12-16(23)22-9-4-5-13(11-22)17-20-14-6-2-3-7-15(14)25-17/h2-3,6-8,10,13H,4-5,9,11-12H2,1H3/t13-/m1/s1. The molecule has 25 heavy (non-hydrogen) atoms. The number of rotatable bonds is 4. The number of carbonyl (C=O) groups is 1. The molecule has 1 aromatic carbocycles. The van der Waals surface area contributed by atoms with Gasteiger partial charge in [0, 0.05) is 38.4 Å². The number of thiazole rings is 1. The SMILES string of the molecule is Cn1ccnc1SCC(=O)N1CCC[C@@H](c2nc3ccccc3s2)C1. The first-order chi connectivity index (χ1) is 12.2. The zero-order chi connectivity index (χ0) is 17.2. The minimum Gasteiger partial charge on any atom is -0.341 e. The van der Waals surface area contributed by atoms with Gasteiger partial charge in [-0.3, -0.25) is 4.79 Å². The molecule has 0 unspecified atom stereocenters. The molecule has 1 saturated heterocycles. The van der Waals surface area contributed by atoms with Gasteiger partial charge in [0.2, 0.25) is 5.91 Å². The number of amides is 1. The molecule has 2 aromatic heterocycles. The van der Waals surface area contributed by atoms with Crippen molar-refractivity contribution in [2.75, 3.05) is 18.8 Å². The first kappa shape index (κ1) is 16.6. The van der Waals surface area contributed by atoms with E-state index in [0.717, 1.165) is 41.6 Å². The molecule has 0 N–H and O–H groups in total. The van der Waals surface area contributed by atoms with Gasteiger partial charge in [-0.2, -0.15) is 0 Å². The number of piperidine rings is 1. The molecule has 1 atom stereocenters. The Bertz CT molecular complexity index is 855. The largest absolute Gasteiger partial charge is 0.341 e. The summed E-state index contributed by atoms with van der Waals surface area (Å²) in [5, 5.41) is 2.04. The summed E-state index contributed by atoms with van der Waals surface area (Å²) in [6.07, 6.45) is 5.81. The van der Waals surface area contributed by atoms with Gasteiger partial charge < -0.3 is 9.47 Å². The minimum absolute atomic E-state index is 0.193. The zero-order valence-corrected chi connectivity index (χ0v) is 15.7. The van der Waals surface area contributed by atoms with Gasteiger partial charge >= 0.3 is 0 Å². The van der Waals surface area contributed by atoms with Crippen LogP contribution >= 0.6 is 23.1 Å². The monoisotopic (exact) mass is 372 g/mol. The Labute approximate surface area is 155 Å². The second-order valence-electron chi connectivity index (χ2n) is 6.31. The van der Waals surface area contributed by atoms with Crippen LogP contribution < -0.4 is 0 Å². The number of aryl methyl sites for hydroxylation is 1. The van der Waals surface area contributed by atoms with Gasteiger partial charge in [-0.05, 0) is 25.0 Å². The number of hydrogen-bond donors (Lipinski definition) is 0. The average molecular weight is 373 g/mol. The van der Waals surface area contributed by atoms with Gasteiger partial charge in [0.15, 0.2) is 5.16 Å². The van der Waals surface area contributed by atoms with Crippen molar-refractivity contribution >= 4 is 39.2 Å². The highest BCUT2D eigenvalue weighted by atomic mass is 32.2. The topological polar surface area (TPSA) is 51.0 Å². The van der Waals surface area contributed by atoms with Crippen LogP contribution in [0.25, 0.3) is 10.2 Å². The van der Waals surface area contributed by atoms with Crippen molar-refractivity contribution in [2.45, 2.75) is 23.9 Å². The van der Waals surface area contributed by atoms with E-state index >= 15 is 0 Å². The Morgan fingerprint density at radius 3 is 3.08 bits per heavy atom. The lowest BCUT2D eigenvalue weighted by Gasteiger charge is -2.31. The molecule has 130 valence electrons. The first-order valence-electron chi connectivity index (χ1n) is 8.44. The molecule has 1 aliphatic rings. The molecule has 0 aliphatic carbocycles. The van der Waals surface area contributed by atoms with E-state index in [-0.39, 0.29) is 5.91 Å². The Hall–Kier alpha value is -1.86. The van der Waals surface area contributed by atoms with E-state index in [4.69, 9.17) is 4.98 Å². The van der Waals surface area contributed by atoms with Gasteiger partial charge in [0.05, 0.1) is 21.0 Å². The van der Waals surface area contributed by atoms with Crippen LogP contribution in [0.2, 0.25) is 0 Å². The van der Waals surface area contributed by atoms with Crippen molar-refractivity contribution in [3.63, 3.8) is 0 Å². The Morgan fingerprint density at radius 2 is 2.28 bits per heavy atom. The van der Waals surface area contributed by atoms with Crippen LogP contribution in [0, 0.1) is 0 Å². The highest BCUT2D eigenvalue weighted by molar-refractivity contribution is 7.99. The van der Waals surface area contributed by atoms with E-state index in [1.54, 1.807) is 17.5 Å². The third kappa shape index (κ3) is 3.57. The molecule has 0 bridgehead atoms. The maximum absolute atomic E-state index is 12.6. The Balaban J connectivity index is 1.41. The number of thioether (sulfide) groups is 1. The van der Waals surface area contributed by atoms with Crippen LogP contribution in [0.15, 0.2) is 41.8 Å². The van der Waals surface area contributed by atoms with Gasteiger partial charge in [0.25, 0.3) is 0 Å². The predicted molar refractivity (Wildman–Crippen MR) is 102 cm³/mol. The van der Waals surface area contributed by atoms with E-state index in [0.29, 0.717) is 11.7 Å². The van der Waals surface area contributed by atoms with Crippen LogP contribution in [0.5, 0.6) is 0 Å². The molecule has 0 spiro atoms. The van der Waals surface area contributed by atoms with Crippen molar-refractivity contribution in [2.24, 2.45) is 7.05 Å². The number of benzene rings is 1. The van der Waals surface area contributed by atoms with Crippen LogP contribution in [0.4, 0.5) is 0 Å². The van der Waals surface area contributed by atoms with Crippen LogP contribution in [-0.4, -0.2) is 44.2 Å². The number of hydrogen-bond acceptors (Lipinski definition) is 5. The van der Waals surface area contributed by atoms with E-state index in [1.165, 1.54) is 16.5 Å².